The maximum absolute atomic E-state index is 13.5. The molecule has 0 aliphatic carbocycles. The molecule has 2 heterocycles. The smallest absolute Gasteiger partial charge is 0.311 e. The van der Waals surface area contributed by atoms with E-state index in [-0.39, 0.29) is 39.7 Å². The molecule has 0 bridgehead atoms. The number of pyridine rings is 2. The van der Waals surface area contributed by atoms with Gasteiger partial charge in [0.1, 0.15) is 11.6 Å². The minimum atomic E-state index is -1.03. The Morgan fingerprint density at radius 3 is 2.24 bits per heavy atom. The van der Waals surface area contributed by atoms with E-state index in [0.29, 0.717) is 35.7 Å². The largest absolute Gasteiger partial charge is 0.492 e. The van der Waals surface area contributed by atoms with Crippen molar-refractivity contribution in [3.63, 3.8) is 0 Å². The first kappa shape index (κ1) is 32.8. The van der Waals surface area contributed by atoms with Gasteiger partial charge in [0, 0.05) is 30.6 Å². The van der Waals surface area contributed by atoms with Gasteiger partial charge >= 0.3 is 5.97 Å². The monoisotopic (exact) mass is 614 g/mol. The van der Waals surface area contributed by atoms with Gasteiger partial charge in [0.25, 0.3) is 5.91 Å². The first-order valence-corrected chi connectivity index (χ1v) is 14.3. The van der Waals surface area contributed by atoms with Crippen molar-refractivity contribution in [1.82, 2.24) is 9.97 Å². The highest BCUT2D eigenvalue weighted by Gasteiger charge is 2.32. The summed E-state index contributed by atoms with van der Waals surface area (Å²) in [6.07, 6.45) is 4.27. The van der Waals surface area contributed by atoms with Gasteiger partial charge in [-0.25, -0.2) is 4.98 Å². The molecule has 2 N–H and O–H groups in total. The van der Waals surface area contributed by atoms with Crippen LogP contribution in [0.2, 0.25) is 10.0 Å². The average molecular weight is 616 g/mol. The van der Waals surface area contributed by atoms with Gasteiger partial charge in [0.15, 0.2) is 0 Å². The van der Waals surface area contributed by atoms with Gasteiger partial charge in [-0.2, -0.15) is 0 Å². The zero-order valence-corrected chi connectivity index (χ0v) is 26.1. The minimum Gasteiger partial charge on any atom is -0.492 e. The molecule has 1 unspecified atom stereocenters. The highest BCUT2D eigenvalue weighted by Crippen LogP contribution is 2.36. The summed E-state index contributed by atoms with van der Waals surface area (Å²) < 4.78 is 5.86. The van der Waals surface area contributed by atoms with Crippen LogP contribution in [-0.4, -0.2) is 46.0 Å². The third-order valence-electron chi connectivity index (χ3n) is 6.30. The van der Waals surface area contributed by atoms with Crippen molar-refractivity contribution in [3.8, 4) is 5.75 Å². The lowest BCUT2D eigenvalue weighted by atomic mass is 9.90. The SMILES string of the molecule is CCOc1ccc(C(Cc2ccc(NC(=O)c3c(Cl)cncc3Cl)nc2)C(=O)O)cc1N(CC(C)C)C(=O)C(C)(C)C. The number of carboxylic acids is 1. The van der Waals surface area contributed by atoms with Crippen molar-refractivity contribution in [3.05, 3.63) is 75.7 Å². The molecule has 0 spiro atoms. The molecule has 0 saturated heterocycles. The van der Waals surface area contributed by atoms with Gasteiger partial charge in [0.05, 0.1) is 33.8 Å². The molecule has 42 heavy (non-hydrogen) atoms. The second-order valence-electron chi connectivity index (χ2n) is 11.3. The lowest BCUT2D eigenvalue weighted by Gasteiger charge is -2.32. The summed E-state index contributed by atoms with van der Waals surface area (Å²) in [5.74, 6) is -1.66. The molecular formula is C31H36Cl2N4O5. The molecule has 0 aliphatic rings. The van der Waals surface area contributed by atoms with Gasteiger partial charge in [-0.05, 0) is 48.6 Å². The summed E-state index contributed by atoms with van der Waals surface area (Å²) in [4.78, 5) is 48.5. The van der Waals surface area contributed by atoms with Crippen LogP contribution in [0.1, 0.15) is 68.9 Å². The fourth-order valence-electron chi connectivity index (χ4n) is 4.31. The number of carbonyl (C=O) groups excluding carboxylic acids is 2. The predicted octanol–water partition coefficient (Wildman–Crippen LogP) is 6.88. The maximum atomic E-state index is 13.5. The van der Waals surface area contributed by atoms with Crippen LogP contribution < -0.4 is 15.0 Å². The van der Waals surface area contributed by atoms with Crippen LogP contribution >= 0.6 is 23.2 Å². The van der Waals surface area contributed by atoms with E-state index in [1.165, 1.54) is 18.6 Å². The van der Waals surface area contributed by atoms with Gasteiger partial charge in [-0.3, -0.25) is 19.4 Å². The summed E-state index contributed by atoms with van der Waals surface area (Å²) in [6, 6.07) is 8.44. The Balaban J connectivity index is 1.91. The minimum absolute atomic E-state index is 0.0768. The zero-order valence-electron chi connectivity index (χ0n) is 24.6. The van der Waals surface area contributed by atoms with E-state index in [1.54, 1.807) is 35.2 Å². The molecular weight excluding hydrogens is 579 g/mol. The molecule has 2 amide bonds. The van der Waals surface area contributed by atoms with Crippen molar-refractivity contribution in [2.45, 2.75) is 53.9 Å². The maximum Gasteiger partial charge on any atom is 0.311 e. The van der Waals surface area contributed by atoms with Crippen molar-refractivity contribution in [2.75, 3.05) is 23.4 Å². The Hall–Kier alpha value is -3.69. The van der Waals surface area contributed by atoms with Crippen LogP contribution in [0.25, 0.3) is 0 Å². The number of carboxylic acid groups (broad SMARTS) is 1. The number of carbonyl (C=O) groups is 3. The van der Waals surface area contributed by atoms with Crippen molar-refractivity contribution >= 4 is 52.5 Å². The van der Waals surface area contributed by atoms with E-state index in [9.17, 15) is 19.5 Å². The second-order valence-corrected chi connectivity index (χ2v) is 12.1. The Kier molecular flexibility index (Phi) is 10.9. The normalized spacial score (nSPS) is 12.1. The Bertz CT molecular complexity index is 1420. The van der Waals surface area contributed by atoms with Gasteiger partial charge in [-0.15, -0.1) is 0 Å². The Morgan fingerprint density at radius 1 is 1.05 bits per heavy atom. The van der Waals surface area contributed by atoms with Crippen molar-refractivity contribution in [2.24, 2.45) is 11.3 Å². The summed E-state index contributed by atoms with van der Waals surface area (Å²) >= 11 is 12.1. The number of nitrogens with zero attached hydrogens (tertiary/aromatic N) is 3. The standard InChI is InChI=1S/C31H36Cl2N4O5/c1-7-42-25-10-9-20(13-24(25)37(17-18(2)3)30(41)31(4,5)6)21(29(39)40)12-19-8-11-26(35-14-19)36-28(38)27-22(32)15-34-16-23(27)33/h8-11,13-16,18,21H,7,12,17H2,1-6H3,(H,39,40)(H,35,36,38). The predicted molar refractivity (Wildman–Crippen MR) is 165 cm³/mol. The third-order valence-corrected chi connectivity index (χ3v) is 6.87. The molecule has 0 aliphatic heterocycles. The fourth-order valence-corrected chi connectivity index (χ4v) is 4.85. The van der Waals surface area contributed by atoms with Crippen molar-refractivity contribution in [1.29, 1.82) is 0 Å². The summed E-state index contributed by atoms with van der Waals surface area (Å²) in [6.45, 7) is 12.3. The second kappa shape index (κ2) is 14.0. The summed E-state index contributed by atoms with van der Waals surface area (Å²) in [5.41, 5.74) is 1.13. The van der Waals surface area contributed by atoms with E-state index in [4.69, 9.17) is 27.9 Å². The van der Waals surface area contributed by atoms with Crippen LogP contribution in [0, 0.1) is 11.3 Å². The molecule has 3 aromatic rings. The van der Waals surface area contributed by atoms with Crippen LogP contribution in [0.15, 0.2) is 48.9 Å². The van der Waals surface area contributed by atoms with Crippen LogP contribution in [-0.2, 0) is 16.0 Å². The Labute approximate surface area is 256 Å². The Morgan fingerprint density at radius 2 is 1.71 bits per heavy atom. The number of hydrogen-bond donors (Lipinski definition) is 2. The van der Waals surface area contributed by atoms with E-state index in [2.05, 4.69) is 15.3 Å². The molecule has 0 radical (unpaired) electrons. The quantitative estimate of drug-likeness (QED) is 0.241. The van der Waals surface area contributed by atoms with Gasteiger partial charge < -0.3 is 20.1 Å². The number of anilines is 2. The number of amides is 2. The fraction of sp³-hybridized carbons (Fsp3) is 0.387. The van der Waals surface area contributed by atoms with Crippen LogP contribution in [0.5, 0.6) is 5.75 Å². The molecule has 3 rings (SSSR count). The third kappa shape index (κ3) is 8.20. The number of hydrogen-bond acceptors (Lipinski definition) is 6. The first-order chi connectivity index (χ1) is 19.7. The topological polar surface area (TPSA) is 122 Å². The van der Waals surface area contributed by atoms with Crippen molar-refractivity contribution < 1.29 is 24.2 Å². The molecule has 2 aromatic heterocycles. The molecule has 11 heteroatoms. The number of nitrogens with one attached hydrogen (secondary N) is 1. The molecule has 0 fully saturated rings. The highest BCUT2D eigenvalue weighted by atomic mass is 35.5. The van der Waals surface area contributed by atoms with Gasteiger partial charge in [0.2, 0.25) is 5.91 Å². The molecule has 0 saturated carbocycles. The van der Waals surface area contributed by atoms with E-state index in [0.717, 1.165) is 0 Å². The summed E-state index contributed by atoms with van der Waals surface area (Å²) in [5, 5.41) is 13.1. The lowest BCUT2D eigenvalue weighted by molar-refractivity contribution is -0.138. The lowest BCUT2D eigenvalue weighted by Crippen LogP contribution is -2.42. The van der Waals surface area contributed by atoms with Crippen LogP contribution in [0.3, 0.4) is 0 Å². The first-order valence-electron chi connectivity index (χ1n) is 13.6. The highest BCUT2D eigenvalue weighted by molar-refractivity contribution is 6.40. The summed E-state index contributed by atoms with van der Waals surface area (Å²) in [7, 11) is 0. The number of ether oxygens (including phenoxy) is 1. The van der Waals surface area contributed by atoms with E-state index in [1.807, 2.05) is 41.5 Å². The van der Waals surface area contributed by atoms with Crippen LogP contribution in [0.4, 0.5) is 11.5 Å². The number of rotatable bonds is 11. The van der Waals surface area contributed by atoms with E-state index < -0.39 is 23.2 Å². The number of aliphatic carboxylic acids is 1. The molecule has 1 aromatic carbocycles. The molecule has 9 nitrogen and oxygen atoms in total. The van der Waals surface area contributed by atoms with E-state index >= 15 is 0 Å². The molecule has 224 valence electrons. The zero-order chi connectivity index (χ0) is 31.2. The number of halogens is 2. The van der Waals surface area contributed by atoms with Gasteiger partial charge in [-0.1, -0.05) is 70.0 Å². The number of benzene rings is 1. The average Bonchev–Trinajstić information content (AvgIpc) is 2.90. The number of aromatic nitrogens is 2. The molecule has 1 atom stereocenters.